The number of hydrogen-bond acceptors (Lipinski definition) is 6. The molecular formula is C22H22N2O5S. The van der Waals surface area contributed by atoms with Gasteiger partial charge in [0.05, 0.1) is 29.4 Å². The van der Waals surface area contributed by atoms with Crippen LogP contribution in [0.2, 0.25) is 0 Å². The molecule has 8 heteroatoms. The predicted octanol–water partition coefficient (Wildman–Crippen LogP) is 4.42. The number of thioether (sulfide) groups is 1. The number of aromatic carboxylic acids is 1. The highest BCUT2D eigenvalue weighted by atomic mass is 32.2. The highest BCUT2D eigenvalue weighted by Crippen LogP contribution is 2.35. The van der Waals surface area contributed by atoms with Crippen LogP contribution in [0.1, 0.15) is 29.8 Å². The van der Waals surface area contributed by atoms with Crippen molar-refractivity contribution in [3.63, 3.8) is 0 Å². The Morgan fingerprint density at radius 1 is 1.13 bits per heavy atom. The molecule has 3 rings (SSSR count). The largest absolute Gasteiger partial charge is 0.490 e. The fourth-order valence-corrected chi connectivity index (χ4v) is 3.77. The first-order valence-electron chi connectivity index (χ1n) is 9.42. The van der Waals surface area contributed by atoms with Crippen molar-refractivity contribution in [1.29, 1.82) is 0 Å². The van der Waals surface area contributed by atoms with Crippen LogP contribution in [-0.2, 0) is 4.79 Å². The molecule has 7 nitrogen and oxygen atoms in total. The molecule has 1 amide bonds. The molecule has 0 bridgehead atoms. The minimum Gasteiger partial charge on any atom is -0.490 e. The van der Waals surface area contributed by atoms with Crippen molar-refractivity contribution >= 4 is 40.6 Å². The molecule has 0 spiro atoms. The molecule has 1 heterocycles. The molecule has 2 aromatic rings. The maximum atomic E-state index is 12.7. The number of carbonyl (C=O) groups is 2. The number of rotatable bonds is 7. The second-order valence-corrected chi connectivity index (χ2v) is 7.31. The Balaban J connectivity index is 1.88. The molecule has 0 aromatic heterocycles. The van der Waals surface area contributed by atoms with E-state index >= 15 is 0 Å². The number of likely N-dealkylation sites (N-methyl/N-ethyl adjacent to an activating group) is 1. The summed E-state index contributed by atoms with van der Waals surface area (Å²) < 4.78 is 11.2. The van der Waals surface area contributed by atoms with Crippen molar-refractivity contribution in [3.05, 3.63) is 58.5 Å². The summed E-state index contributed by atoms with van der Waals surface area (Å²) >= 11 is 1.23. The maximum Gasteiger partial charge on any atom is 0.335 e. The summed E-state index contributed by atoms with van der Waals surface area (Å²) in [7, 11) is 1.64. The third-order valence-corrected chi connectivity index (χ3v) is 5.25. The third kappa shape index (κ3) is 4.83. The van der Waals surface area contributed by atoms with Crippen molar-refractivity contribution < 1.29 is 24.2 Å². The van der Waals surface area contributed by atoms with Gasteiger partial charge in [-0.2, -0.15) is 0 Å². The van der Waals surface area contributed by atoms with Crippen LogP contribution in [0.5, 0.6) is 11.5 Å². The van der Waals surface area contributed by atoms with Gasteiger partial charge >= 0.3 is 5.97 Å². The van der Waals surface area contributed by atoms with Gasteiger partial charge in [-0.15, -0.1) is 0 Å². The van der Waals surface area contributed by atoms with Gasteiger partial charge in [-0.1, -0.05) is 12.1 Å². The molecule has 0 aliphatic carbocycles. The number of amidine groups is 1. The summed E-state index contributed by atoms with van der Waals surface area (Å²) in [4.78, 5) is 30.2. The molecule has 1 aliphatic heterocycles. The normalized spacial score (nSPS) is 16.4. The number of aliphatic imine (C=N–C) groups is 1. The number of amides is 1. The number of hydrogen-bond donors (Lipinski definition) is 1. The summed E-state index contributed by atoms with van der Waals surface area (Å²) in [6.45, 7) is 4.84. The number of benzene rings is 2. The lowest BCUT2D eigenvalue weighted by Gasteiger charge is -2.11. The Kier molecular flexibility index (Phi) is 6.79. The minimum atomic E-state index is -1.03. The zero-order valence-corrected chi connectivity index (χ0v) is 17.7. The molecule has 1 N–H and O–H groups in total. The SMILES string of the molecule is CCOc1ccc(/C=C2\SC(=Nc3cccc(C(=O)O)c3)N(C)C2=O)cc1OCC. The van der Waals surface area contributed by atoms with Crippen LogP contribution in [0.25, 0.3) is 6.08 Å². The van der Waals surface area contributed by atoms with Crippen LogP contribution in [-0.4, -0.2) is 47.3 Å². The third-order valence-electron chi connectivity index (χ3n) is 4.19. The Morgan fingerprint density at radius 2 is 1.87 bits per heavy atom. The van der Waals surface area contributed by atoms with Gasteiger partial charge in [0, 0.05) is 7.05 Å². The monoisotopic (exact) mass is 426 g/mol. The average Bonchev–Trinajstić information content (AvgIpc) is 2.98. The molecule has 0 atom stereocenters. The smallest absolute Gasteiger partial charge is 0.335 e. The van der Waals surface area contributed by atoms with Gasteiger partial charge < -0.3 is 14.6 Å². The lowest BCUT2D eigenvalue weighted by Crippen LogP contribution is -2.23. The summed E-state index contributed by atoms with van der Waals surface area (Å²) in [5, 5.41) is 9.61. The molecule has 0 radical (unpaired) electrons. The minimum absolute atomic E-state index is 0.141. The van der Waals surface area contributed by atoms with Crippen LogP contribution in [0.15, 0.2) is 52.4 Å². The molecule has 1 saturated heterocycles. The first-order chi connectivity index (χ1) is 14.4. The van der Waals surface area contributed by atoms with Crippen molar-refractivity contribution in [3.8, 4) is 11.5 Å². The van der Waals surface area contributed by atoms with E-state index in [0.717, 1.165) is 5.56 Å². The van der Waals surface area contributed by atoms with E-state index in [1.54, 1.807) is 25.3 Å². The van der Waals surface area contributed by atoms with Crippen LogP contribution >= 0.6 is 11.8 Å². The van der Waals surface area contributed by atoms with E-state index in [-0.39, 0.29) is 11.5 Å². The molecule has 1 aliphatic rings. The fourth-order valence-electron chi connectivity index (χ4n) is 2.78. The summed E-state index contributed by atoms with van der Waals surface area (Å²) in [6.07, 6.45) is 1.78. The van der Waals surface area contributed by atoms with Crippen LogP contribution in [0.3, 0.4) is 0 Å². The van der Waals surface area contributed by atoms with E-state index in [4.69, 9.17) is 14.6 Å². The van der Waals surface area contributed by atoms with Crippen molar-refractivity contribution in [2.45, 2.75) is 13.8 Å². The standard InChI is InChI=1S/C22H22N2O5S/c1-4-28-17-10-9-14(11-18(17)29-5-2)12-19-20(25)24(3)22(30-19)23-16-8-6-7-15(13-16)21(26)27/h6-13H,4-5H2,1-3H3,(H,26,27)/b19-12-,23-22?. The van der Waals surface area contributed by atoms with Gasteiger partial charge in [0.25, 0.3) is 5.91 Å². The van der Waals surface area contributed by atoms with E-state index in [9.17, 15) is 9.59 Å². The first-order valence-corrected chi connectivity index (χ1v) is 10.2. The number of nitrogens with zero attached hydrogens (tertiary/aromatic N) is 2. The topological polar surface area (TPSA) is 88.4 Å². The van der Waals surface area contributed by atoms with Gasteiger partial charge in [0.1, 0.15) is 0 Å². The Bertz CT molecular complexity index is 1030. The Labute approximate surface area is 179 Å². The maximum absolute atomic E-state index is 12.7. The number of carbonyl (C=O) groups excluding carboxylic acids is 1. The van der Waals surface area contributed by atoms with Gasteiger partial charge in [0.2, 0.25) is 0 Å². The van der Waals surface area contributed by atoms with E-state index in [1.807, 2.05) is 32.0 Å². The number of ether oxygens (including phenoxy) is 2. The van der Waals surface area contributed by atoms with Crippen LogP contribution in [0.4, 0.5) is 5.69 Å². The van der Waals surface area contributed by atoms with E-state index < -0.39 is 5.97 Å². The van der Waals surface area contributed by atoms with E-state index in [0.29, 0.717) is 40.5 Å². The second-order valence-electron chi connectivity index (χ2n) is 6.30. The molecular weight excluding hydrogens is 404 g/mol. The molecule has 156 valence electrons. The molecule has 30 heavy (non-hydrogen) atoms. The van der Waals surface area contributed by atoms with Crippen molar-refractivity contribution in [2.75, 3.05) is 20.3 Å². The highest BCUT2D eigenvalue weighted by molar-refractivity contribution is 8.18. The first kappa shape index (κ1) is 21.4. The predicted molar refractivity (Wildman–Crippen MR) is 118 cm³/mol. The van der Waals surface area contributed by atoms with E-state index in [2.05, 4.69) is 4.99 Å². The second kappa shape index (κ2) is 9.49. The van der Waals surface area contributed by atoms with Crippen LogP contribution < -0.4 is 9.47 Å². The molecule has 1 fully saturated rings. The Hall–Kier alpha value is -3.26. The van der Waals surface area contributed by atoms with Gasteiger partial charge in [-0.05, 0) is 67.6 Å². The van der Waals surface area contributed by atoms with Crippen molar-refractivity contribution in [1.82, 2.24) is 4.90 Å². The lowest BCUT2D eigenvalue weighted by atomic mass is 10.2. The number of carboxylic acid groups (broad SMARTS) is 1. The van der Waals surface area contributed by atoms with Gasteiger partial charge in [-0.3, -0.25) is 9.69 Å². The van der Waals surface area contributed by atoms with Crippen molar-refractivity contribution in [2.24, 2.45) is 4.99 Å². The summed E-state index contributed by atoms with van der Waals surface area (Å²) in [5.41, 5.74) is 1.42. The van der Waals surface area contributed by atoms with Crippen LogP contribution in [0, 0.1) is 0 Å². The van der Waals surface area contributed by atoms with Gasteiger partial charge in [0.15, 0.2) is 16.7 Å². The zero-order chi connectivity index (χ0) is 21.7. The molecule has 0 unspecified atom stereocenters. The highest BCUT2D eigenvalue weighted by Gasteiger charge is 2.30. The van der Waals surface area contributed by atoms with Gasteiger partial charge in [-0.25, -0.2) is 9.79 Å². The average molecular weight is 426 g/mol. The molecule has 2 aromatic carbocycles. The Morgan fingerprint density at radius 3 is 2.57 bits per heavy atom. The molecule has 0 saturated carbocycles. The fraction of sp³-hybridized carbons (Fsp3) is 0.227. The zero-order valence-electron chi connectivity index (χ0n) is 16.9. The van der Waals surface area contributed by atoms with E-state index in [1.165, 1.54) is 28.8 Å². The summed E-state index contributed by atoms with van der Waals surface area (Å²) in [5.74, 6) is 0.0724. The number of carboxylic acids is 1. The quantitative estimate of drug-likeness (QED) is 0.660. The lowest BCUT2D eigenvalue weighted by molar-refractivity contribution is -0.121. The summed E-state index contributed by atoms with van der Waals surface area (Å²) in [6, 6.07) is 11.8.